The van der Waals surface area contributed by atoms with Crippen LogP contribution in [0.5, 0.6) is 0 Å². The van der Waals surface area contributed by atoms with E-state index in [2.05, 4.69) is 9.97 Å². The van der Waals surface area contributed by atoms with E-state index in [0.717, 1.165) is 11.5 Å². The second-order valence-corrected chi connectivity index (χ2v) is 3.49. The maximum atomic E-state index is 5.80. The van der Waals surface area contributed by atoms with E-state index in [1.165, 1.54) is 0 Å². The third kappa shape index (κ3) is 5.06. The van der Waals surface area contributed by atoms with Crippen molar-refractivity contribution in [2.45, 2.75) is 13.3 Å². The molecule has 0 amide bonds. The van der Waals surface area contributed by atoms with Crippen LogP contribution in [-0.4, -0.2) is 36.9 Å². The molecule has 0 radical (unpaired) electrons. The van der Waals surface area contributed by atoms with Crippen LogP contribution in [0.4, 0.5) is 0 Å². The van der Waals surface area contributed by atoms with Gasteiger partial charge in [0.25, 0.3) is 0 Å². The summed E-state index contributed by atoms with van der Waals surface area (Å²) >= 11 is 5.80. The second kappa shape index (κ2) is 6.71. The highest BCUT2D eigenvalue weighted by Crippen LogP contribution is 2.06. The topological polar surface area (TPSA) is 44.2 Å². The van der Waals surface area contributed by atoms with Crippen molar-refractivity contribution in [2.75, 3.05) is 26.9 Å². The van der Waals surface area contributed by atoms with Crippen molar-refractivity contribution in [3.05, 3.63) is 22.7 Å². The summed E-state index contributed by atoms with van der Waals surface area (Å²) < 4.78 is 10.2. The van der Waals surface area contributed by atoms with Crippen LogP contribution in [0.15, 0.2) is 6.07 Å². The number of aryl methyl sites for hydroxylation is 1. The van der Waals surface area contributed by atoms with Crippen molar-refractivity contribution >= 4 is 11.6 Å². The molecule has 0 aliphatic heterocycles. The molecule has 0 aliphatic carbocycles. The first-order chi connectivity index (χ1) is 7.22. The predicted octanol–water partition coefficient (Wildman–Crippen LogP) is 1.64. The lowest BCUT2D eigenvalue weighted by molar-refractivity contribution is 0.0716. The third-order valence-corrected chi connectivity index (χ3v) is 1.96. The minimum atomic E-state index is 0.481. The highest BCUT2D eigenvalue weighted by atomic mass is 35.5. The Morgan fingerprint density at radius 2 is 2.07 bits per heavy atom. The minimum Gasteiger partial charge on any atom is -0.382 e. The van der Waals surface area contributed by atoms with Crippen molar-refractivity contribution in [1.82, 2.24) is 9.97 Å². The van der Waals surface area contributed by atoms with Crippen molar-refractivity contribution in [3.63, 3.8) is 0 Å². The van der Waals surface area contributed by atoms with E-state index < -0.39 is 0 Å². The molecule has 0 atom stereocenters. The van der Waals surface area contributed by atoms with Crippen LogP contribution in [-0.2, 0) is 15.9 Å². The highest BCUT2D eigenvalue weighted by Gasteiger charge is 2.00. The van der Waals surface area contributed by atoms with Gasteiger partial charge >= 0.3 is 0 Å². The Morgan fingerprint density at radius 1 is 1.27 bits per heavy atom. The lowest BCUT2D eigenvalue weighted by Crippen LogP contribution is -2.07. The van der Waals surface area contributed by atoms with Crippen LogP contribution < -0.4 is 0 Å². The van der Waals surface area contributed by atoms with Gasteiger partial charge in [-0.2, -0.15) is 0 Å². The minimum absolute atomic E-state index is 0.481. The van der Waals surface area contributed by atoms with Crippen LogP contribution in [0, 0.1) is 6.92 Å². The van der Waals surface area contributed by atoms with Gasteiger partial charge in [-0.3, -0.25) is 0 Å². The average molecular weight is 231 g/mol. The lowest BCUT2D eigenvalue weighted by Gasteiger charge is -2.03. The standard InChI is InChI=1S/C10H15ClN2O2/c1-8-7-9(11)13-10(12-8)3-4-15-6-5-14-2/h7H,3-6H2,1-2H3. The van der Waals surface area contributed by atoms with Gasteiger partial charge in [-0.05, 0) is 13.0 Å². The van der Waals surface area contributed by atoms with Crippen molar-refractivity contribution in [2.24, 2.45) is 0 Å². The maximum absolute atomic E-state index is 5.80. The van der Waals surface area contributed by atoms with Crippen molar-refractivity contribution in [3.8, 4) is 0 Å². The first kappa shape index (κ1) is 12.4. The smallest absolute Gasteiger partial charge is 0.133 e. The Kier molecular flexibility index (Phi) is 5.53. The van der Waals surface area contributed by atoms with E-state index in [9.17, 15) is 0 Å². The second-order valence-electron chi connectivity index (χ2n) is 3.10. The summed E-state index contributed by atoms with van der Waals surface area (Å²) in [5.41, 5.74) is 0.877. The molecule has 1 rings (SSSR count). The lowest BCUT2D eigenvalue weighted by atomic mass is 10.4. The summed E-state index contributed by atoms with van der Waals surface area (Å²) in [7, 11) is 1.65. The number of hydrogen-bond donors (Lipinski definition) is 0. The number of rotatable bonds is 6. The Balaban J connectivity index is 2.31. The van der Waals surface area contributed by atoms with E-state index in [1.807, 2.05) is 6.92 Å². The molecule has 0 bridgehead atoms. The molecule has 0 saturated carbocycles. The molecule has 1 aromatic heterocycles. The maximum Gasteiger partial charge on any atom is 0.133 e. The zero-order valence-corrected chi connectivity index (χ0v) is 9.75. The zero-order valence-electron chi connectivity index (χ0n) is 8.99. The quantitative estimate of drug-likeness (QED) is 0.551. The van der Waals surface area contributed by atoms with Gasteiger partial charge in [0.2, 0.25) is 0 Å². The van der Waals surface area contributed by atoms with Gasteiger partial charge in [0.15, 0.2) is 0 Å². The first-order valence-electron chi connectivity index (χ1n) is 4.79. The molecule has 4 nitrogen and oxygen atoms in total. The average Bonchev–Trinajstić information content (AvgIpc) is 2.16. The van der Waals surface area contributed by atoms with Crippen LogP contribution in [0.25, 0.3) is 0 Å². The summed E-state index contributed by atoms with van der Waals surface area (Å²) in [6, 6.07) is 1.73. The summed E-state index contributed by atoms with van der Waals surface area (Å²) in [6.07, 6.45) is 0.672. The molecule has 0 spiro atoms. The molecule has 1 heterocycles. The molecular weight excluding hydrogens is 216 g/mol. The van der Waals surface area contributed by atoms with Crippen LogP contribution in [0.3, 0.4) is 0 Å². The fourth-order valence-electron chi connectivity index (χ4n) is 1.11. The molecule has 84 valence electrons. The number of nitrogens with zero attached hydrogens (tertiary/aromatic N) is 2. The largest absolute Gasteiger partial charge is 0.382 e. The molecule has 0 N–H and O–H groups in total. The Morgan fingerprint density at radius 3 is 2.73 bits per heavy atom. The predicted molar refractivity (Wildman–Crippen MR) is 58.2 cm³/mol. The van der Waals surface area contributed by atoms with Crippen LogP contribution in [0.1, 0.15) is 11.5 Å². The van der Waals surface area contributed by atoms with Gasteiger partial charge in [0.05, 0.1) is 19.8 Å². The summed E-state index contributed by atoms with van der Waals surface area (Å²) in [6.45, 7) is 3.68. The molecule has 0 saturated heterocycles. The Labute approximate surface area is 94.6 Å². The van der Waals surface area contributed by atoms with Gasteiger partial charge in [0, 0.05) is 19.2 Å². The summed E-state index contributed by atoms with van der Waals surface area (Å²) in [5.74, 6) is 0.720. The number of aromatic nitrogens is 2. The van der Waals surface area contributed by atoms with E-state index in [0.29, 0.717) is 31.4 Å². The molecule has 0 fully saturated rings. The normalized spacial score (nSPS) is 10.6. The van der Waals surface area contributed by atoms with Gasteiger partial charge in [0.1, 0.15) is 11.0 Å². The fourth-order valence-corrected chi connectivity index (χ4v) is 1.36. The van der Waals surface area contributed by atoms with E-state index in [-0.39, 0.29) is 0 Å². The van der Waals surface area contributed by atoms with Gasteiger partial charge < -0.3 is 9.47 Å². The first-order valence-corrected chi connectivity index (χ1v) is 5.17. The van der Waals surface area contributed by atoms with Gasteiger partial charge in [-0.25, -0.2) is 9.97 Å². The molecule has 0 unspecified atom stereocenters. The van der Waals surface area contributed by atoms with Crippen molar-refractivity contribution in [1.29, 1.82) is 0 Å². The number of ether oxygens (including phenoxy) is 2. The number of hydrogen-bond acceptors (Lipinski definition) is 4. The SMILES string of the molecule is COCCOCCc1nc(C)cc(Cl)n1. The molecule has 0 aliphatic rings. The number of halogens is 1. The van der Waals surface area contributed by atoms with Crippen LogP contribution in [0.2, 0.25) is 5.15 Å². The van der Waals surface area contributed by atoms with Gasteiger partial charge in [-0.15, -0.1) is 0 Å². The van der Waals surface area contributed by atoms with E-state index in [1.54, 1.807) is 13.2 Å². The zero-order chi connectivity index (χ0) is 11.1. The molecule has 0 aromatic carbocycles. The fraction of sp³-hybridized carbons (Fsp3) is 0.600. The Hall–Kier alpha value is -0.710. The van der Waals surface area contributed by atoms with Crippen molar-refractivity contribution < 1.29 is 9.47 Å². The summed E-state index contributed by atoms with van der Waals surface area (Å²) in [5, 5.41) is 0.481. The molecule has 1 aromatic rings. The molecular formula is C10H15ClN2O2. The van der Waals surface area contributed by atoms with Crippen LogP contribution >= 0.6 is 11.6 Å². The molecule has 5 heteroatoms. The van der Waals surface area contributed by atoms with Gasteiger partial charge in [-0.1, -0.05) is 11.6 Å². The summed E-state index contributed by atoms with van der Waals surface area (Å²) in [4.78, 5) is 8.34. The molecule has 15 heavy (non-hydrogen) atoms. The van der Waals surface area contributed by atoms with E-state index >= 15 is 0 Å². The highest BCUT2D eigenvalue weighted by molar-refractivity contribution is 6.29. The number of methoxy groups -OCH3 is 1. The monoisotopic (exact) mass is 230 g/mol. The third-order valence-electron chi connectivity index (χ3n) is 1.77. The Bertz CT molecular complexity index is 287. The van der Waals surface area contributed by atoms with E-state index in [4.69, 9.17) is 21.1 Å².